The predicted molar refractivity (Wildman–Crippen MR) is 90.3 cm³/mol. The largest absolute Gasteiger partial charge is 0.398 e. The Labute approximate surface area is 137 Å². The molecule has 0 aliphatic carbocycles. The molecule has 0 bridgehead atoms. The second-order valence-electron chi connectivity index (χ2n) is 4.65. The van der Waals surface area contributed by atoms with Crippen LogP contribution >= 0.6 is 27.5 Å². The first kappa shape index (κ1) is 16.1. The van der Waals surface area contributed by atoms with E-state index >= 15 is 0 Å². The summed E-state index contributed by atoms with van der Waals surface area (Å²) < 4.78 is 28.1. The van der Waals surface area contributed by atoms with E-state index < -0.39 is 10.0 Å². The highest BCUT2D eigenvalue weighted by molar-refractivity contribution is 9.10. The number of sulfonamides is 1. The van der Waals surface area contributed by atoms with E-state index in [9.17, 15) is 8.42 Å². The third kappa shape index (κ3) is 3.33. The van der Waals surface area contributed by atoms with Gasteiger partial charge in [-0.25, -0.2) is 8.42 Å². The molecule has 0 atom stereocenters. The third-order valence-electron chi connectivity index (χ3n) is 3.16. The summed E-state index contributed by atoms with van der Waals surface area (Å²) in [6, 6.07) is 8.06. The lowest BCUT2D eigenvalue weighted by Gasteiger charge is -2.14. The fourth-order valence-electron chi connectivity index (χ4n) is 1.87. The van der Waals surface area contributed by atoms with E-state index in [1.54, 1.807) is 25.1 Å². The molecule has 0 aliphatic heterocycles. The fraction of sp³-hybridized carbons (Fsp3) is 0.143. The van der Waals surface area contributed by atoms with E-state index in [0.29, 0.717) is 21.4 Å². The van der Waals surface area contributed by atoms with Crippen molar-refractivity contribution < 1.29 is 8.42 Å². The van der Waals surface area contributed by atoms with Crippen LogP contribution in [0.15, 0.2) is 39.7 Å². The minimum absolute atomic E-state index is 0.0194. The van der Waals surface area contributed by atoms with Gasteiger partial charge in [0.05, 0.1) is 10.7 Å². The third-order valence-corrected chi connectivity index (χ3v) is 5.50. The maximum atomic E-state index is 12.4. The zero-order chi connectivity index (χ0) is 15.8. The Morgan fingerprint density at radius 2 is 1.86 bits per heavy atom. The van der Waals surface area contributed by atoms with Gasteiger partial charge >= 0.3 is 0 Å². The minimum atomic E-state index is -3.77. The molecule has 0 unspecified atom stereocenters. The molecule has 3 N–H and O–H groups in total. The van der Waals surface area contributed by atoms with E-state index in [4.69, 9.17) is 17.3 Å². The average Bonchev–Trinajstić information content (AvgIpc) is 2.39. The molecule has 112 valence electrons. The number of benzene rings is 2. The summed E-state index contributed by atoms with van der Waals surface area (Å²) in [5.74, 6) is 0. The van der Waals surface area contributed by atoms with Gasteiger partial charge in [-0.15, -0.1) is 0 Å². The normalized spacial score (nSPS) is 11.4. The maximum absolute atomic E-state index is 12.4. The lowest BCUT2D eigenvalue weighted by Crippen LogP contribution is -2.15. The summed E-state index contributed by atoms with van der Waals surface area (Å²) in [6.07, 6.45) is 0. The first-order valence-corrected chi connectivity index (χ1v) is 8.71. The molecular weight excluding hydrogens is 376 g/mol. The number of halogens is 2. The van der Waals surface area contributed by atoms with Crippen molar-refractivity contribution in [2.24, 2.45) is 0 Å². The first-order valence-electron chi connectivity index (χ1n) is 6.06. The number of nitrogen functional groups attached to an aromatic ring is 1. The number of rotatable bonds is 3. The molecule has 0 spiro atoms. The van der Waals surface area contributed by atoms with E-state index in [1.807, 2.05) is 6.92 Å². The first-order chi connectivity index (χ1) is 9.72. The van der Waals surface area contributed by atoms with Crippen LogP contribution < -0.4 is 10.5 Å². The van der Waals surface area contributed by atoms with Gasteiger partial charge in [0.25, 0.3) is 10.0 Å². The number of aryl methyl sites for hydroxylation is 1. The molecule has 2 aromatic carbocycles. The minimum Gasteiger partial charge on any atom is -0.398 e. The smallest absolute Gasteiger partial charge is 0.263 e. The fourth-order valence-corrected chi connectivity index (χ4v) is 4.03. The van der Waals surface area contributed by atoms with Crippen LogP contribution in [0.1, 0.15) is 11.1 Å². The topological polar surface area (TPSA) is 72.2 Å². The van der Waals surface area contributed by atoms with Gasteiger partial charge in [0, 0.05) is 10.2 Å². The van der Waals surface area contributed by atoms with Crippen molar-refractivity contribution in [3.05, 3.63) is 51.0 Å². The molecule has 0 heterocycles. The van der Waals surface area contributed by atoms with Crippen molar-refractivity contribution in [2.45, 2.75) is 18.7 Å². The van der Waals surface area contributed by atoms with Crippen LogP contribution in [0, 0.1) is 13.8 Å². The molecule has 0 aliphatic rings. The van der Waals surface area contributed by atoms with Gasteiger partial charge in [-0.1, -0.05) is 33.6 Å². The molecule has 0 aromatic heterocycles. The van der Waals surface area contributed by atoms with Crippen molar-refractivity contribution in [3.8, 4) is 0 Å². The standard InChI is InChI=1S/C14H14BrClN2O2S/c1-8-3-5-12(9(2)14(8)17)18-21(19,20)13-6-4-10(15)7-11(13)16/h3-7,18H,17H2,1-2H3. The van der Waals surface area contributed by atoms with E-state index in [2.05, 4.69) is 20.7 Å². The van der Waals surface area contributed by atoms with Crippen LogP contribution in [0.25, 0.3) is 0 Å². The zero-order valence-corrected chi connectivity index (χ0v) is 14.6. The van der Waals surface area contributed by atoms with Gasteiger partial charge in [0.15, 0.2) is 0 Å². The van der Waals surface area contributed by atoms with E-state index in [-0.39, 0.29) is 9.92 Å². The number of nitrogens with two attached hydrogens (primary N) is 1. The van der Waals surface area contributed by atoms with Crippen LogP contribution in [0.2, 0.25) is 5.02 Å². The molecule has 21 heavy (non-hydrogen) atoms. The molecule has 0 saturated carbocycles. The second kappa shape index (κ2) is 5.87. The quantitative estimate of drug-likeness (QED) is 0.776. The zero-order valence-electron chi connectivity index (χ0n) is 11.4. The lowest BCUT2D eigenvalue weighted by molar-refractivity contribution is 0.601. The van der Waals surface area contributed by atoms with Gasteiger partial charge in [0.1, 0.15) is 4.90 Å². The Morgan fingerprint density at radius 3 is 2.48 bits per heavy atom. The lowest BCUT2D eigenvalue weighted by atomic mass is 10.1. The van der Waals surface area contributed by atoms with Gasteiger partial charge in [-0.2, -0.15) is 0 Å². The SMILES string of the molecule is Cc1ccc(NS(=O)(=O)c2ccc(Br)cc2Cl)c(C)c1N. The summed E-state index contributed by atoms with van der Waals surface area (Å²) in [5.41, 5.74) is 8.52. The Kier molecular flexibility index (Phi) is 4.51. The number of hydrogen-bond acceptors (Lipinski definition) is 3. The summed E-state index contributed by atoms with van der Waals surface area (Å²) in [5, 5.41) is 0.148. The number of hydrogen-bond donors (Lipinski definition) is 2. The molecule has 0 amide bonds. The summed E-state index contributed by atoms with van der Waals surface area (Å²) >= 11 is 9.25. The molecule has 2 rings (SSSR count). The average molecular weight is 390 g/mol. The molecule has 7 heteroatoms. The summed E-state index contributed by atoms with van der Waals surface area (Å²) in [6.45, 7) is 3.63. The molecule has 0 saturated heterocycles. The summed E-state index contributed by atoms with van der Waals surface area (Å²) in [7, 11) is -3.77. The van der Waals surface area contributed by atoms with Gasteiger partial charge < -0.3 is 5.73 Å². The Morgan fingerprint density at radius 1 is 1.19 bits per heavy atom. The van der Waals surface area contributed by atoms with Crippen LogP contribution in [0.5, 0.6) is 0 Å². The second-order valence-corrected chi connectivity index (χ2v) is 7.62. The highest BCUT2D eigenvalue weighted by atomic mass is 79.9. The molecule has 2 aromatic rings. The molecule has 0 fully saturated rings. The number of nitrogens with one attached hydrogen (secondary N) is 1. The van der Waals surface area contributed by atoms with Crippen LogP contribution in [-0.2, 0) is 10.0 Å². The van der Waals surface area contributed by atoms with Crippen molar-refractivity contribution in [2.75, 3.05) is 10.5 Å². The maximum Gasteiger partial charge on any atom is 0.263 e. The van der Waals surface area contributed by atoms with Gasteiger partial charge in [0.2, 0.25) is 0 Å². The number of anilines is 2. The van der Waals surface area contributed by atoms with Crippen LogP contribution in [0.3, 0.4) is 0 Å². The Hall–Kier alpha value is -1.24. The van der Waals surface area contributed by atoms with Crippen LogP contribution in [-0.4, -0.2) is 8.42 Å². The Bertz CT molecular complexity index is 807. The molecular formula is C14H14BrClN2O2S. The van der Waals surface area contributed by atoms with Gasteiger partial charge in [-0.05, 0) is 49.2 Å². The Balaban J connectivity index is 2.45. The predicted octanol–water partition coefficient (Wildman–Crippen LogP) is 4.10. The van der Waals surface area contributed by atoms with Crippen molar-refractivity contribution in [1.82, 2.24) is 0 Å². The van der Waals surface area contributed by atoms with Crippen LogP contribution in [0.4, 0.5) is 11.4 Å². The highest BCUT2D eigenvalue weighted by Crippen LogP contribution is 2.30. The monoisotopic (exact) mass is 388 g/mol. The van der Waals surface area contributed by atoms with Crippen molar-refractivity contribution in [3.63, 3.8) is 0 Å². The highest BCUT2D eigenvalue weighted by Gasteiger charge is 2.19. The van der Waals surface area contributed by atoms with Gasteiger partial charge in [-0.3, -0.25) is 4.72 Å². The van der Waals surface area contributed by atoms with Crippen molar-refractivity contribution >= 4 is 48.9 Å². The molecule has 0 radical (unpaired) electrons. The van der Waals surface area contributed by atoms with E-state index in [0.717, 1.165) is 5.56 Å². The van der Waals surface area contributed by atoms with Crippen molar-refractivity contribution in [1.29, 1.82) is 0 Å². The molecule has 4 nitrogen and oxygen atoms in total. The van der Waals surface area contributed by atoms with E-state index in [1.165, 1.54) is 12.1 Å². The summed E-state index contributed by atoms with van der Waals surface area (Å²) in [4.78, 5) is 0.0194.